The molecular weight excluding hydrogens is 360 g/mol. The van der Waals surface area contributed by atoms with Crippen molar-refractivity contribution >= 4 is 11.9 Å². The molecule has 8 nitrogen and oxygen atoms in total. The summed E-state index contributed by atoms with van der Waals surface area (Å²) in [5.41, 5.74) is 1.89. The quantitative estimate of drug-likeness (QED) is 0.744. The number of benzene rings is 1. The number of aromatic hydroxyl groups is 1. The zero-order valence-corrected chi connectivity index (χ0v) is 15.8. The molecule has 2 aromatic rings. The lowest BCUT2D eigenvalue weighted by atomic mass is 9.76. The predicted octanol–water partition coefficient (Wildman–Crippen LogP) is 1.79. The summed E-state index contributed by atoms with van der Waals surface area (Å²) in [7, 11) is 1.86. The van der Waals surface area contributed by atoms with E-state index < -0.39 is 12.0 Å². The first kappa shape index (κ1) is 18.5. The fourth-order valence-corrected chi connectivity index (χ4v) is 4.47. The number of amides is 1. The van der Waals surface area contributed by atoms with Crippen molar-refractivity contribution in [1.29, 1.82) is 0 Å². The fourth-order valence-electron chi connectivity index (χ4n) is 4.47. The highest BCUT2D eigenvalue weighted by Crippen LogP contribution is 2.43. The van der Waals surface area contributed by atoms with E-state index in [0.29, 0.717) is 30.9 Å². The highest BCUT2D eigenvalue weighted by molar-refractivity contribution is 5.93. The molecule has 2 fully saturated rings. The highest BCUT2D eigenvalue weighted by atomic mass is 16.4. The molecule has 1 spiro atoms. The summed E-state index contributed by atoms with van der Waals surface area (Å²) in [4.78, 5) is 28.0. The second-order valence-electron chi connectivity index (χ2n) is 7.98. The van der Waals surface area contributed by atoms with Gasteiger partial charge in [-0.1, -0.05) is 0 Å². The van der Waals surface area contributed by atoms with Crippen LogP contribution in [0.3, 0.4) is 0 Å². The molecule has 4 rings (SSSR count). The minimum absolute atomic E-state index is 0.0141. The van der Waals surface area contributed by atoms with Gasteiger partial charge in [-0.05, 0) is 62.1 Å². The Bertz CT molecular complexity index is 884. The van der Waals surface area contributed by atoms with E-state index in [4.69, 9.17) is 0 Å². The van der Waals surface area contributed by atoms with Crippen LogP contribution in [0.25, 0.3) is 11.3 Å². The molecular formula is C20H24N4O4. The van der Waals surface area contributed by atoms with Crippen LogP contribution in [-0.2, 0) is 4.79 Å². The van der Waals surface area contributed by atoms with Crippen molar-refractivity contribution in [2.45, 2.75) is 25.3 Å². The van der Waals surface area contributed by atoms with Crippen LogP contribution in [0.4, 0.5) is 0 Å². The van der Waals surface area contributed by atoms with Crippen molar-refractivity contribution in [1.82, 2.24) is 20.0 Å². The van der Waals surface area contributed by atoms with Gasteiger partial charge in [0.1, 0.15) is 17.5 Å². The number of nitrogens with zero attached hydrogens (tertiary/aromatic N) is 3. The first-order valence-electron chi connectivity index (χ1n) is 9.44. The summed E-state index contributed by atoms with van der Waals surface area (Å²) in [6.45, 7) is 2.00. The maximum atomic E-state index is 12.8. The number of hydrogen-bond acceptors (Lipinski definition) is 5. The van der Waals surface area contributed by atoms with E-state index in [1.807, 2.05) is 16.8 Å². The molecule has 8 heteroatoms. The summed E-state index contributed by atoms with van der Waals surface area (Å²) in [6, 6.07) is 7.96. The number of rotatable bonds is 3. The lowest BCUT2D eigenvalue weighted by Gasteiger charge is -2.39. The second kappa shape index (κ2) is 6.94. The largest absolute Gasteiger partial charge is 0.508 e. The maximum absolute atomic E-state index is 12.8. The number of likely N-dealkylation sites (N-methyl/N-ethyl adjacent to an activating group) is 1. The zero-order chi connectivity index (χ0) is 19.9. The van der Waals surface area contributed by atoms with Crippen molar-refractivity contribution < 1.29 is 19.8 Å². The normalized spacial score (nSPS) is 21.9. The third kappa shape index (κ3) is 3.35. The molecule has 2 aliphatic heterocycles. The molecule has 0 saturated carbocycles. The number of carboxylic acid groups (broad SMARTS) is 1. The monoisotopic (exact) mass is 384 g/mol. The van der Waals surface area contributed by atoms with Gasteiger partial charge in [-0.25, -0.2) is 0 Å². The lowest BCUT2D eigenvalue weighted by Crippen LogP contribution is -2.44. The molecule has 1 aromatic carbocycles. The Hall–Kier alpha value is -2.87. The molecule has 1 amide bonds. The summed E-state index contributed by atoms with van der Waals surface area (Å²) >= 11 is 0. The standard InChI is InChI=1S/C20H24N4O4/c1-23-12-20(11-17(23)19(27)28)6-8-24(9-7-20)18(26)16-10-15(21-22-16)13-2-4-14(25)5-3-13/h2-5,10,17,25H,6-9,11-12H2,1H3,(H,21,22)(H,27,28)/t17-/m0/s1. The van der Waals surface area contributed by atoms with Crippen molar-refractivity contribution in [3.63, 3.8) is 0 Å². The molecule has 2 aliphatic rings. The van der Waals surface area contributed by atoms with Gasteiger partial charge < -0.3 is 15.1 Å². The third-order valence-corrected chi connectivity index (χ3v) is 6.11. The van der Waals surface area contributed by atoms with E-state index in [1.165, 1.54) is 0 Å². The number of aromatic amines is 1. The van der Waals surface area contributed by atoms with Crippen molar-refractivity contribution in [3.8, 4) is 17.0 Å². The number of piperidine rings is 1. The minimum Gasteiger partial charge on any atom is -0.508 e. The van der Waals surface area contributed by atoms with Gasteiger partial charge >= 0.3 is 5.97 Å². The topological polar surface area (TPSA) is 110 Å². The van der Waals surface area contributed by atoms with Crippen LogP contribution in [0.5, 0.6) is 5.75 Å². The second-order valence-corrected chi connectivity index (χ2v) is 7.98. The van der Waals surface area contributed by atoms with E-state index in [0.717, 1.165) is 24.9 Å². The SMILES string of the molecule is CN1CC2(CCN(C(=O)c3cc(-c4ccc(O)cc4)n[nH]3)CC2)C[C@H]1C(=O)O. The van der Waals surface area contributed by atoms with Gasteiger partial charge in [0.15, 0.2) is 0 Å². The maximum Gasteiger partial charge on any atom is 0.320 e. The number of aliphatic carboxylic acids is 1. The lowest BCUT2D eigenvalue weighted by molar-refractivity contribution is -0.141. The average Bonchev–Trinajstić information content (AvgIpc) is 3.28. The number of hydrogen-bond donors (Lipinski definition) is 3. The van der Waals surface area contributed by atoms with E-state index in [9.17, 15) is 19.8 Å². The average molecular weight is 384 g/mol. The van der Waals surface area contributed by atoms with Crippen LogP contribution >= 0.6 is 0 Å². The van der Waals surface area contributed by atoms with Crippen LogP contribution < -0.4 is 0 Å². The van der Waals surface area contributed by atoms with E-state index >= 15 is 0 Å². The number of phenolic OH excluding ortho intramolecular Hbond substituents is 1. The molecule has 0 radical (unpaired) electrons. The van der Waals surface area contributed by atoms with Gasteiger partial charge in [0.05, 0.1) is 5.69 Å². The molecule has 2 saturated heterocycles. The summed E-state index contributed by atoms with van der Waals surface area (Å²) in [6.07, 6.45) is 2.27. The highest BCUT2D eigenvalue weighted by Gasteiger charge is 2.47. The Balaban J connectivity index is 1.41. The number of carbonyl (C=O) groups is 2. The van der Waals surface area contributed by atoms with Gasteiger partial charge in [0.25, 0.3) is 5.91 Å². The fraction of sp³-hybridized carbons (Fsp3) is 0.450. The van der Waals surface area contributed by atoms with Gasteiger partial charge in [0.2, 0.25) is 0 Å². The summed E-state index contributed by atoms with van der Waals surface area (Å²) < 4.78 is 0. The molecule has 148 valence electrons. The van der Waals surface area contributed by atoms with Crippen LogP contribution in [0.1, 0.15) is 29.8 Å². The van der Waals surface area contributed by atoms with E-state index in [1.54, 1.807) is 30.3 Å². The number of carbonyl (C=O) groups excluding carboxylic acids is 1. The Morgan fingerprint density at radius 1 is 1.21 bits per heavy atom. The molecule has 0 unspecified atom stereocenters. The Labute approximate surface area is 162 Å². The van der Waals surface area contributed by atoms with E-state index in [2.05, 4.69) is 10.2 Å². The first-order valence-corrected chi connectivity index (χ1v) is 9.44. The molecule has 0 bridgehead atoms. The molecule has 28 heavy (non-hydrogen) atoms. The molecule has 3 heterocycles. The molecule has 3 N–H and O–H groups in total. The Morgan fingerprint density at radius 2 is 1.89 bits per heavy atom. The minimum atomic E-state index is -0.767. The van der Waals surface area contributed by atoms with Crippen molar-refractivity contribution in [2.24, 2.45) is 5.41 Å². The number of carboxylic acids is 1. The first-order chi connectivity index (χ1) is 13.4. The Morgan fingerprint density at radius 3 is 2.50 bits per heavy atom. The third-order valence-electron chi connectivity index (χ3n) is 6.11. The van der Waals surface area contributed by atoms with Gasteiger partial charge in [-0.15, -0.1) is 0 Å². The smallest absolute Gasteiger partial charge is 0.320 e. The molecule has 0 aliphatic carbocycles. The van der Waals surface area contributed by atoms with E-state index in [-0.39, 0.29) is 17.1 Å². The van der Waals surface area contributed by atoms with Crippen LogP contribution in [0, 0.1) is 5.41 Å². The van der Waals surface area contributed by atoms with Gasteiger partial charge in [-0.3, -0.25) is 19.6 Å². The number of phenols is 1. The number of nitrogens with one attached hydrogen (secondary N) is 1. The molecule has 1 aromatic heterocycles. The van der Waals surface area contributed by atoms with Crippen LogP contribution in [0.15, 0.2) is 30.3 Å². The predicted molar refractivity (Wildman–Crippen MR) is 102 cm³/mol. The molecule has 1 atom stereocenters. The summed E-state index contributed by atoms with van der Waals surface area (Å²) in [5, 5.41) is 25.8. The summed E-state index contributed by atoms with van der Waals surface area (Å²) in [5.74, 6) is -0.675. The van der Waals surface area contributed by atoms with Gasteiger partial charge in [0, 0.05) is 25.2 Å². The van der Waals surface area contributed by atoms with Crippen molar-refractivity contribution in [3.05, 3.63) is 36.0 Å². The Kier molecular flexibility index (Phi) is 4.58. The number of H-pyrrole nitrogens is 1. The number of likely N-dealkylation sites (tertiary alicyclic amines) is 2. The van der Waals surface area contributed by atoms with Gasteiger partial charge in [-0.2, -0.15) is 5.10 Å². The zero-order valence-electron chi connectivity index (χ0n) is 15.8. The van der Waals surface area contributed by atoms with Crippen molar-refractivity contribution in [2.75, 3.05) is 26.7 Å². The number of aromatic nitrogens is 2. The van der Waals surface area contributed by atoms with Crippen LogP contribution in [0.2, 0.25) is 0 Å². The van der Waals surface area contributed by atoms with Crippen LogP contribution in [-0.4, -0.2) is 74.8 Å².